The van der Waals surface area contributed by atoms with Gasteiger partial charge in [0.1, 0.15) is 0 Å². The van der Waals surface area contributed by atoms with Crippen molar-refractivity contribution in [1.82, 2.24) is 15.2 Å². The van der Waals surface area contributed by atoms with Crippen LogP contribution in [0.5, 0.6) is 0 Å². The number of aryl methyl sites for hydroxylation is 1. The Labute approximate surface area is 189 Å². The van der Waals surface area contributed by atoms with Gasteiger partial charge in [0.05, 0.1) is 6.54 Å². The van der Waals surface area contributed by atoms with Crippen LogP contribution in [0.2, 0.25) is 0 Å². The lowest BCUT2D eigenvalue weighted by Gasteiger charge is -2.36. The minimum Gasteiger partial charge on any atom is -0.362 e. The Morgan fingerprint density at radius 2 is 1.87 bits per heavy atom. The number of rotatable bonds is 6. The highest BCUT2D eigenvalue weighted by Crippen LogP contribution is 2.24. The number of nitrogens with zero attached hydrogens (tertiary/aromatic N) is 1. The first-order valence-corrected chi connectivity index (χ1v) is 11.7. The topological polar surface area (TPSA) is 48.1 Å². The van der Waals surface area contributed by atoms with Crippen LogP contribution in [0.15, 0.2) is 59.4 Å². The van der Waals surface area contributed by atoms with Crippen LogP contribution < -0.4 is 10.9 Å². The molecule has 4 rings (SSSR count). The largest absolute Gasteiger partial charge is 0.362 e. The third-order valence-corrected chi connectivity index (χ3v) is 6.61. The molecule has 2 N–H and O–H groups in total. The Morgan fingerprint density at radius 1 is 1.10 bits per heavy atom. The van der Waals surface area contributed by atoms with Gasteiger partial charge >= 0.3 is 0 Å². The van der Waals surface area contributed by atoms with Crippen molar-refractivity contribution in [1.29, 1.82) is 0 Å². The number of benzene rings is 2. The van der Waals surface area contributed by atoms with Crippen molar-refractivity contribution in [3.8, 4) is 0 Å². The SMILES string of the molecule is Cc1ccc2cc(CN(C(=S)NCCc3ccccc3)C3CCCCC3)c(=O)[nH]c2c1. The van der Waals surface area contributed by atoms with Crippen molar-refractivity contribution in [3.05, 3.63) is 81.6 Å². The van der Waals surface area contributed by atoms with Crippen LogP contribution in [0.3, 0.4) is 0 Å². The first kappa shape index (κ1) is 21.6. The second kappa shape index (κ2) is 10.1. The van der Waals surface area contributed by atoms with Gasteiger partial charge in [-0.1, -0.05) is 61.7 Å². The Kier molecular flexibility index (Phi) is 7.03. The summed E-state index contributed by atoms with van der Waals surface area (Å²) in [5, 5.41) is 5.28. The van der Waals surface area contributed by atoms with Gasteiger partial charge in [-0.3, -0.25) is 4.79 Å². The van der Waals surface area contributed by atoms with Crippen LogP contribution in [0.25, 0.3) is 10.9 Å². The van der Waals surface area contributed by atoms with Gasteiger partial charge in [-0.2, -0.15) is 0 Å². The van der Waals surface area contributed by atoms with E-state index >= 15 is 0 Å². The van der Waals surface area contributed by atoms with Gasteiger partial charge in [-0.05, 0) is 67.0 Å². The number of hydrogen-bond acceptors (Lipinski definition) is 2. The molecule has 162 valence electrons. The number of H-pyrrole nitrogens is 1. The molecule has 0 aliphatic heterocycles. The molecule has 0 spiro atoms. The zero-order chi connectivity index (χ0) is 21.6. The van der Waals surface area contributed by atoms with Gasteiger partial charge in [-0.25, -0.2) is 0 Å². The molecule has 1 aliphatic rings. The van der Waals surface area contributed by atoms with Gasteiger partial charge in [0.2, 0.25) is 0 Å². The highest BCUT2D eigenvalue weighted by atomic mass is 32.1. The van der Waals surface area contributed by atoms with Crippen molar-refractivity contribution < 1.29 is 0 Å². The monoisotopic (exact) mass is 433 g/mol. The van der Waals surface area contributed by atoms with Crippen LogP contribution >= 0.6 is 12.2 Å². The number of hydrogen-bond donors (Lipinski definition) is 2. The van der Waals surface area contributed by atoms with Gasteiger partial charge in [0, 0.05) is 23.7 Å². The minimum absolute atomic E-state index is 0.0222. The molecule has 3 aromatic rings. The van der Waals surface area contributed by atoms with E-state index in [0.29, 0.717) is 12.6 Å². The molecule has 4 nitrogen and oxygen atoms in total. The predicted molar refractivity (Wildman–Crippen MR) is 132 cm³/mol. The van der Waals surface area contributed by atoms with E-state index in [-0.39, 0.29) is 5.56 Å². The first-order chi connectivity index (χ1) is 15.1. The highest BCUT2D eigenvalue weighted by molar-refractivity contribution is 7.80. The van der Waals surface area contributed by atoms with Crippen LogP contribution in [0.4, 0.5) is 0 Å². The van der Waals surface area contributed by atoms with Crippen LogP contribution in [0.1, 0.15) is 48.8 Å². The molecule has 0 radical (unpaired) electrons. The number of aromatic nitrogens is 1. The minimum atomic E-state index is -0.0222. The Hall–Kier alpha value is -2.66. The zero-order valence-corrected chi connectivity index (χ0v) is 19.0. The maximum absolute atomic E-state index is 12.8. The molecule has 31 heavy (non-hydrogen) atoms. The zero-order valence-electron chi connectivity index (χ0n) is 18.2. The maximum atomic E-state index is 12.8. The second-order valence-corrected chi connectivity index (χ2v) is 8.99. The molecule has 0 saturated heterocycles. The summed E-state index contributed by atoms with van der Waals surface area (Å²) in [5.74, 6) is 0. The van der Waals surface area contributed by atoms with E-state index in [1.807, 2.05) is 25.1 Å². The summed E-state index contributed by atoms with van der Waals surface area (Å²) in [4.78, 5) is 18.2. The summed E-state index contributed by atoms with van der Waals surface area (Å²) >= 11 is 5.83. The summed E-state index contributed by atoms with van der Waals surface area (Å²) in [7, 11) is 0. The number of aromatic amines is 1. The van der Waals surface area contributed by atoms with E-state index in [1.54, 1.807) is 0 Å². The van der Waals surface area contributed by atoms with Gasteiger partial charge in [-0.15, -0.1) is 0 Å². The molecule has 0 amide bonds. The van der Waals surface area contributed by atoms with E-state index < -0.39 is 0 Å². The number of fused-ring (bicyclic) bond motifs is 1. The Morgan fingerprint density at radius 3 is 2.65 bits per heavy atom. The molecule has 0 bridgehead atoms. The van der Waals surface area contributed by atoms with Crippen molar-refractivity contribution in [2.24, 2.45) is 0 Å². The van der Waals surface area contributed by atoms with Gasteiger partial charge in [0.15, 0.2) is 5.11 Å². The maximum Gasteiger partial charge on any atom is 0.253 e. The molecule has 1 fully saturated rings. The first-order valence-electron chi connectivity index (χ1n) is 11.3. The number of nitrogens with one attached hydrogen (secondary N) is 2. The average molecular weight is 434 g/mol. The van der Waals surface area contributed by atoms with E-state index in [2.05, 4.69) is 51.6 Å². The van der Waals surface area contributed by atoms with E-state index in [0.717, 1.165) is 52.9 Å². The number of pyridine rings is 1. The molecule has 0 unspecified atom stereocenters. The fraction of sp³-hybridized carbons (Fsp3) is 0.385. The fourth-order valence-corrected chi connectivity index (χ4v) is 4.80. The van der Waals surface area contributed by atoms with Gasteiger partial charge in [0.25, 0.3) is 5.56 Å². The Balaban J connectivity index is 1.51. The average Bonchev–Trinajstić information content (AvgIpc) is 2.79. The molecule has 2 aromatic carbocycles. The molecule has 5 heteroatoms. The van der Waals surface area contributed by atoms with Crippen LogP contribution in [-0.4, -0.2) is 27.6 Å². The summed E-state index contributed by atoms with van der Waals surface area (Å²) in [6.07, 6.45) is 6.92. The molecule has 1 saturated carbocycles. The van der Waals surface area contributed by atoms with Crippen molar-refractivity contribution in [3.63, 3.8) is 0 Å². The van der Waals surface area contributed by atoms with Crippen LogP contribution in [0, 0.1) is 6.92 Å². The summed E-state index contributed by atoms with van der Waals surface area (Å²) in [6.45, 7) is 3.37. The molecule has 1 aromatic heterocycles. The summed E-state index contributed by atoms with van der Waals surface area (Å²) < 4.78 is 0. The third kappa shape index (κ3) is 5.53. The van der Waals surface area contributed by atoms with Crippen LogP contribution in [-0.2, 0) is 13.0 Å². The van der Waals surface area contributed by atoms with Gasteiger partial charge < -0.3 is 15.2 Å². The smallest absolute Gasteiger partial charge is 0.253 e. The van der Waals surface area contributed by atoms with Crippen molar-refractivity contribution >= 4 is 28.2 Å². The summed E-state index contributed by atoms with van der Waals surface area (Å²) in [6, 6.07) is 19.0. The van der Waals surface area contributed by atoms with E-state index in [9.17, 15) is 4.79 Å². The normalized spacial score (nSPS) is 14.5. The van der Waals surface area contributed by atoms with E-state index in [4.69, 9.17) is 12.2 Å². The molecular formula is C26H31N3OS. The number of thiocarbonyl (C=S) groups is 1. The fourth-order valence-electron chi connectivity index (χ4n) is 4.48. The lowest BCUT2D eigenvalue weighted by Crippen LogP contribution is -2.47. The molecule has 0 atom stereocenters. The summed E-state index contributed by atoms with van der Waals surface area (Å²) in [5.41, 5.74) is 4.08. The lowest BCUT2D eigenvalue weighted by atomic mass is 9.94. The predicted octanol–water partition coefficient (Wildman–Crippen LogP) is 5.09. The lowest BCUT2D eigenvalue weighted by molar-refractivity contribution is 0.234. The highest BCUT2D eigenvalue weighted by Gasteiger charge is 2.24. The molecule has 1 aliphatic carbocycles. The molecule has 1 heterocycles. The van der Waals surface area contributed by atoms with Crippen molar-refractivity contribution in [2.45, 2.75) is 58.0 Å². The van der Waals surface area contributed by atoms with E-state index in [1.165, 1.54) is 24.8 Å². The quantitative estimate of drug-likeness (QED) is 0.532. The second-order valence-electron chi connectivity index (χ2n) is 8.60. The van der Waals surface area contributed by atoms with Crippen molar-refractivity contribution in [2.75, 3.05) is 6.54 Å². The third-order valence-electron chi connectivity index (χ3n) is 6.23. The Bertz CT molecular complexity index is 1090. The standard InChI is InChI=1S/C26H31N3OS/c1-19-12-13-21-17-22(25(30)28-24(21)16-19)18-29(23-10-6-3-7-11-23)26(31)27-15-14-20-8-4-2-5-9-20/h2,4-5,8-9,12-13,16-17,23H,3,6-7,10-11,14-15,18H2,1H3,(H,27,31)(H,28,30). The molecular weight excluding hydrogens is 402 g/mol.